The molecule has 0 aliphatic carbocycles. The lowest BCUT2D eigenvalue weighted by Gasteiger charge is -2.10. The Balaban J connectivity index is 1.73. The summed E-state index contributed by atoms with van der Waals surface area (Å²) in [7, 11) is 0. The molecule has 3 aromatic rings. The summed E-state index contributed by atoms with van der Waals surface area (Å²) in [4.78, 5) is 12.0. The number of rotatable bonds is 4. The number of nitrogens with one attached hydrogen (secondary N) is 2. The first-order valence-corrected chi connectivity index (χ1v) is 9.84. The maximum atomic E-state index is 12.0. The number of anilines is 1. The molecule has 2 N–H and O–H groups in total. The number of urea groups is 1. The van der Waals surface area contributed by atoms with Gasteiger partial charge in [-0.1, -0.05) is 29.8 Å². The first-order chi connectivity index (χ1) is 13.4. The topological polar surface area (TPSA) is 58.4 Å². The van der Waals surface area contributed by atoms with E-state index in [1.807, 2.05) is 69.3 Å². The maximum Gasteiger partial charge on any atom is 0.339 e. The van der Waals surface area contributed by atoms with Crippen LogP contribution in [-0.4, -0.2) is 16.8 Å². The van der Waals surface area contributed by atoms with Gasteiger partial charge in [-0.25, -0.2) is 10.2 Å². The highest BCUT2D eigenvalue weighted by Crippen LogP contribution is 2.27. The Morgan fingerprint density at radius 1 is 1.14 bits per heavy atom. The van der Waals surface area contributed by atoms with Crippen molar-refractivity contribution >= 4 is 45.5 Å². The minimum Gasteiger partial charge on any atom is -0.318 e. The molecular weight excluding hydrogens is 440 g/mol. The summed E-state index contributed by atoms with van der Waals surface area (Å²) in [6, 6.07) is 15.0. The quantitative estimate of drug-likeness (QED) is 0.366. The van der Waals surface area contributed by atoms with Crippen molar-refractivity contribution in [3.63, 3.8) is 0 Å². The minimum atomic E-state index is -0.390. The highest BCUT2D eigenvalue weighted by Gasteiger charge is 2.11. The number of nitrogens with zero attached hydrogens (tertiary/aromatic N) is 2. The van der Waals surface area contributed by atoms with E-state index in [0.29, 0.717) is 5.02 Å². The minimum absolute atomic E-state index is 0.390. The van der Waals surface area contributed by atoms with Crippen LogP contribution in [0.15, 0.2) is 58.1 Å². The van der Waals surface area contributed by atoms with Crippen LogP contribution in [0.2, 0.25) is 5.02 Å². The molecule has 1 aromatic heterocycles. The van der Waals surface area contributed by atoms with E-state index >= 15 is 0 Å². The predicted molar refractivity (Wildman–Crippen MR) is 119 cm³/mol. The van der Waals surface area contributed by atoms with Crippen molar-refractivity contribution in [3.8, 4) is 5.69 Å². The molecular formula is C21H20BrClN4O. The fourth-order valence-corrected chi connectivity index (χ4v) is 3.39. The Hall–Kier alpha value is -2.57. The van der Waals surface area contributed by atoms with Crippen molar-refractivity contribution in [3.05, 3.63) is 80.5 Å². The summed E-state index contributed by atoms with van der Waals surface area (Å²) in [5.41, 5.74) is 8.16. The lowest BCUT2D eigenvalue weighted by Crippen LogP contribution is -2.24. The second-order valence-corrected chi connectivity index (χ2v) is 7.66. The maximum absolute atomic E-state index is 12.0. The molecule has 0 aliphatic heterocycles. The zero-order valence-corrected chi connectivity index (χ0v) is 18.1. The van der Waals surface area contributed by atoms with E-state index in [-0.39, 0.29) is 6.03 Å². The predicted octanol–water partition coefficient (Wildman–Crippen LogP) is 5.97. The number of carbonyl (C=O) groups is 1. The molecule has 2 aromatic carbocycles. The highest BCUT2D eigenvalue weighted by atomic mass is 79.9. The third-order valence-corrected chi connectivity index (χ3v) is 5.63. The van der Waals surface area contributed by atoms with Gasteiger partial charge in [0, 0.05) is 32.8 Å². The van der Waals surface area contributed by atoms with Gasteiger partial charge in [0.1, 0.15) is 0 Å². The average molecular weight is 460 g/mol. The molecule has 0 atom stereocenters. The number of para-hydroxylation sites is 1. The normalized spacial score (nSPS) is 11.0. The van der Waals surface area contributed by atoms with E-state index in [4.69, 9.17) is 11.6 Å². The number of aromatic nitrogens is 1. The number of carbonyl (C=O) groups excluding carboxylic acids is 1. The van der Waals surface area contributed by atoms with Gasteiger partial charge in [-0.15, -0.1) is 0 Å². The fourth-order valence-electron chi connectivity index (χ4n) is 2.96. The molecule has 28 heavy (non-hydrogen) atoms. The van der Waals surface area contributed by atoms with Crippen molar-refractivity contribution in [2.75, 3.05) is 5.32 Å². The van der Waals surface area contributed by atoms with E-state index < -0.39 is 0 Å². The molecule has 5 nitrogen and oxygen atoms in total. The molecule has 0 unspecified atom stereocenters. The van der Waals surface area contributed by atoms with Crippen molar-refractivity contribution in [1.82, 2.24) is 9.99 Å². The van der Waals surface area contributed by atoms with E-state index in [2.05, 4.69) is 36.3 Å². The first kappa shape index (κ1) is 20.2. The summed E-state index contributed by atoms with van der Waals surface area (Å²) < 4.78 is 2.94. The van der Waals surface area contributed by atoms with Gasteiger partial charge in [0.15, 0.2) is 0 Å². The number of benzene rings is 2. The van der Waals surface area contributed by atoms with Crippen LogP contribution in [0.3, 0.4) is 0 Å². The number of hydrogen-bond donors (Lipinski definition) is 2. The van der Waals surface area contributed by atoms with E-state index in [9.17, 15) is 4.79 Å². The summed E-state index contributed by atoms with van der Waals surface area (Å²) in [6.45, 7) is 5.94. The van der Waals surface area contributed by atoms with Crippen LogP contribution < -0.4 is 10.7 Å². The Morgan fingerprint density at radius 2 is 1.89 bits per heavy atom. The molecule has 0 fully saturated rings. The molecule has 0 saturated heterocycles. The number of hydrazone groups is 1. The number of hydrogen-bond acceptors (Lipinski definition) is 2. The highest BCUT2D eigenvalue weighted by molar-refractivity contribution is 9.10. The lowest BCUT2D eigenvalue weighted by atomic mass is 10.2. The van der Waals surface area contributed by atoms with Gasteiger partial charge in [0.25, 0.3) is 0 Å². The Morgan fingerprint density at radius 3 is 2.61 bits per heavy atom. The van der Waals surface area contributed by atoms with Crippen LogP contribution in [0.4, 0.5) is 10.5 Å². The average Bonchev–Trinajstić information content (AvgIpc) is 2.93. The SMILES string of the molecule is Cc1ccccc1NC(=O)NN=Cc1cc(C)n(-c2ccc(Br)c(Cl)c2)c1C. The van der Waals surface area contributed by atoms with Crippen molar-refractivity contribution < 1.29 is 4.79 Å². The summed E-state index contributed by atoms with van der Waals surface area (Å²) >= 11 is 9.64. The summed E-state index contributed by atoms with van der Waals surface area (Å²) in [6.07, 6.45) is 1.64. The number of amides is 2. The van der Waals surface area contributed by atoms with Gasteiger partial charge in [0.05, 0.1) is 11.2 Å². The van der Waals surface area contributed by atoms with Gasteiger partial charge in [-0.3, -0.25) is 0 Å². The molecule has 2 amide bonds. The molecule has 1 heterocycles. The monoisotopic (exact) mass is 458 g/mol. The van der Waals surface area contributed by atoms with Crippen LogP contribution in [0.5, 0.6) is 0 Å². The lowest BCUT2D eigenvalue weighted by molar-refractivity contribution is 0.252. The van der Waals surface area contributed by atoms with Crippen molar-refractivity contribution in [2.24, 2.45) is 5.10 Å². The number of aryl methyl sites for hydroxylation is 2. The molecule has 7 heteroatoms. The Kier molecular flexibility index (Phi) is 6.21. The Bertz CT molecular complexity index is 1060. The van der Waals surface area contributed by atoms with E-state index in [1.54, 1.807) is 6.21 Å². The third-order valence-electron chi connectivity index (χ3n) is 4.39. The zero-order valence-electron chi connectivity index (χ0n) is 15.8. The van der Waals surface area contributed by atoms with Gasteiger partial charge in [0.2, 0.25) is 0 Å². The van der Waals surface area contributed by atoms with Crippen molar-refractivity contribution in [1.29, 1.82) is 0 Å². The van der Waals surface area contributed by atoms with Crippen LogP contribution in [-0.2, 0) is 0 Å². The standard InChI is InChI=1S/C21H20BrClN4O/c1-13-6-4-5-7-20(13)25-21(28)26-24-12-16-10-14(2)27(15(16)3)17-8-9-18(22)19(23)11-17/h4-12H,1-3H3,(H2,25,26,28). The van der Waals surface area contributed by atoms with E-state index in [1.165, 1.54) is 0 Å². The molecule has 0 saturated carbocycles. The van der Waals surface area contributed by atoms with Gasteiger partial charge in [-0.2, -0.15) is 5.10 Å². The zero-order chi connectivity index (χ0) is 20.3. The van der Waals surface area contributed by atoms with Crippen molar-refractivity contribution in [2.45, 2.75) is 20.8 Å². The van der Waals surface area contributed by atoms with E-state index in [0.717, 1.165) is 38.4 Å². The molecule has 144 valence electrons. The van der Waals surface area contributed by atoms with Gasteiger partial charge < -0.3 is 9.88 Å². The molecule has 0 radical (unpaired) electrons. The molecule has 0 aliphatic rings. The molecule has 3 rings (SSSR count). The third kappa shape index (κ3) is 4.46. The largest absolute Gasteiger partial charge is 0.339 e. The fraction of sp³-hybridized carbons (Fsp3) is 0.143. The van der Waals surface area contributed by atoms with Crippen LogP contribution in [0.25, 0.3) is 5.69 Å². The van der Waals surface area contributed by atoms with Crippen LogP contribution >= 0.6 is 27.5 Å². The summed E-state index contributed by atoms with van der Waals surface area (Å²) in [5.74, 6) is 0. The van der Waals surface area contributed by atoms with Crippen LogP contribution in [0, 0.1) is 20.8 Å². The Labute approximate surface area is 177 Å². The first-order valence-electron chi connectivity index (χ1n) is 8.67. The molecule has 0 spiro atoms. The number of halogens is 2. The molecule has 0 bridgehead atoms. The van der Waals surface area contributed by atoms with Gasteiger partial charge in [-0.05, 0) is 72.6 Å². The smallest absolute Gasteiger partial charge is 0.318 e. The van der Waals surface area contributed by atoms with Gasteiger partial charge >= 0.3 is 6.03 Å². The van der Waals surface area contributed by atoms with Crippen LogP contribution in [0.1, 0.15) is 22.5 Å². The summed E-state index contributed by atoms with van der Waals surface area (Å²) in [5, 5.41) is 7.50. The second-order valence-electron chi connectivity index (χ2n) is 6.40. The second kappa shape index (κ2) is 8.63.